The van der Waals surface area contributed by atoms with Crippen molar-refractivity contribution in [1.29, 1.82) is 0 Å². The zero-order chi connectivity index (χ0) is 22.7. The van der Waals surface area contributed by atoms with Gasteiger partial charge >= 0.3 is 6.18 Å². The molecule has 9 heteroatoms. The molecule has 3 aromatic rings. The molecule has 0 spiro atoms. The molecular formula is C23H21F3N4O2. The van der Waals surface area contributed by atoms with E-state index in [4.69, 9.17) is 0 Å². The minimum atomic E-state index is -4.60. The Morgan fingerprint density at radius 1 is 0.844 bits per heavy atom. The van der Waals surface area contributed by atoms with Crippen LogP contribution in [0.5, 0.6) is 0 Å². The molecular weight excluding hydrogens is 421 g/mol. The first-order chi connectivity index (χ1) is 15.3. The Kier molecular flexibility index (Phi) is 5.98. The largest absolute Gasteiger partial charge is 0.417 e. The van der Waals surface area contributed by atoms with E-state index in [0.29, 0.717) is 12.1 Å². The summed E-state index contributed by atoms with van der Waals surface area (Å²) in [6.07, 6.45) is -1.05. The van der Waals surface area contributed by atoms with Crippen LogP contribution in [0.1, 0.15) is 31.8 Å². The van der Waals surface area contributed by atoms with Crippen molar-refractivity contribution in [2.45, 2.75) is 12.7 Å². The molecule has 0 N–H and O–H groups in total. The number of benzene rings is 2. The number of carbonyl (C=O) groups excluding carboxylic acids is 2. The minimum Gasteiger partial charge on any atom is -0.335 e. The highest BCUT2D eigenvalue weighted by atomic mass is 19.4. The summed E-state index contributed by atoms with van der Waals surface area (Å²) in [6.45, 7) is 1.46. The van der Waals surface area contributed by atoms with Gasteiger partial charge in [-0.05, 0) is 35.9 Å². The molecule has 32 heavy (non-hydrogen) atoms. The molecule has 166 valence electrons. The van der Waals surface area contributed by atoms with E-state index in [9.17, 15) is 22.8 Å². The highest BCUT2D eigenvalue weighted by Gasteiger charge is 2.36. The normalized spacial score (nSPS) is 14.5. The number of hydrogen-bond donors (Lipinski definition) is 0. The quantitative estimate of drug-likeness (QED) is 0.621. The van der Waals surface area contributed by atoms with E-state index in [2.05, 4.69) is 5.10 Å². The molecule has 0 bridgehead atoms. The summed E-state index contributed by atoms with van der Waals surface area (Å²) < 4.78 is 41.5. The molecule has 0 saturated carbocycles. The van der Waals surface area contributed by atoms with E-state index < -0.39 is 17.6 Å². The second-order valence-electron chi connectivity index (χ2n) is 7.53. The van der Waals surface area contributed by atoms with Crippen LogP contribution in [-0.4, -0.2) is 57.6 Å². The molecule has 6 nitrogen and oxygen atoms in total. The van der Waals surface area contributed by atoms with Crippen LogP contribution >= 0.6 is 0 Å². The smallest absolute Gasteiger partial charge is 0.335 e. The molecule has 0 radical (unpaired) electrons. The van der Waals surface area contributed by atoms with Crippen molar-refractivity contribution in [2.24, 2.45) is 0 Å². The summed E-state index contributed by atoms with van der Waals surface area (Å²) in [7, 11) is 0. The second kappa shape index (κ2) is 8.86. The van der Waals surface area contributed by atoms with E-state index in [-0.39, 0.29) is 37.6 Å². The van der Waals surface area contributed by atoms with Gasteiger partial charge in [-0.2, -0.15) is 18.3 Å². The third kappa shape index (κ3) is 4.66. The monoisotopic (exact) mass is 442 g/mol. The van der Waals surface area contributed by atoms with Crippen LogP contribution in [0.3, 0.4) is 0 Å². The molecule has 0 aliphatic carbocycles. The molecule has 1 aliphatic heterocycles. The van der Waals surface area contributed by atoms with Crippen LogP contribution in [0.25, 0.3) is 0 Å². The summed E-state index contributed by atoms with van der Waals surface area (Å²) >= 11 is 0. The number of nitrogens with zero attached hydrogens (tertiary/aromatic N) is 4. The first-order valence-electron chi connectivity index (χ1n) is 10.1. The van der Waals surface area contributed by atoms with E-state index in [1.54, 1.807) is 27.9 Å². The molecule has 4 rings (SSSR count). The van der Waals surface area contributed by atoms with Gasteiger partial charge in [0.2, 0.25) is 0 Å². The number of carbonyl (C=O) groups is 2. The molecule has 0 atom stereocenters. The van der Waals surface area contributed by atoms with Crippen molar-refractivity contribution in [3.8, 4) is 0 Å². The lowest BCUT2D eigenvalue weighted by atomic mass is 10.1. The van der Waals surface area contributed by atoms with Gasteiger partial charge in [-0.25, -0.2) is 0 Å². The van der Waals surface area contributed by atoms with Gasteiger partial charge in [-0.3, -0.25) is 14.3 Å². The lowest BCUT2D eigenvalue weighted by Crippen LogP contribution is -2.50. The first-order valence-corrected chi connectivity index (χ1v) is 10.1. The van der Waals surface area contributed by atoms with Gasteiger partial charge in [0.15, 0.2) is 0 Å². The highest BCUT2D eigenvalue weighted by Crippen LogP contribution is 2.32. The summed E-state index contributed by atoms with van der Waals surface area (Å²) in [5.74, 6) is -0.841. The maximum Gasteiger partial charge on any atom is 0.417 e. The predicted octanol–water partition coefficient (Wildman–Crippen LogP) is 3.55. The molecule has 1 fully saturated rings. The Balaban J connectivity index is 1.37. The van der Waals surface area contributed by atoms with Gasteiger partial charge < -0.3 is 9.80 Å². The number of rotatable bonds is 4. The van der Waals surface area contributed by atoms with Crippen molar-refractivity contribution >= 4 is 11.8 Å². The molecule has 1 aliphatic rings. The van der Waals surface area contributed by atoms with E-state index in [1.807, 2.05) is 24.4 Å². The van der Waals surface area contributed by atoms with Gasteiger partial charge in [0.25, 0.3) is 11.8 Å². The first kappa shape index (κ1) is 21.6. The number of piperazine rings is 1. The van der Waals surface area contributed by atoms with Crippen molar-refractivity contribution in [2.75, 3.05) is 26.2 Å². The van der Waals surface area contributed by atoms with Crippen LogP contribution in [0.15, 0.2) is 67.0 Å². The Hall–Kier alpha value is -3.62. The second-order valence-corrected chi connectivity index (χ2v) is 7.53. The number of aromatic nitrogens is 2. The minimum absolute atomic E-state index is 0.168. The summed E-state index contributed by atoms with van der Waals surface area (Å²) in [4.78, 5) is 28.5. The van der Waals surface area contributed by atoms with E-state index in [0.717, 1.165) is 11.6 Å². The average molecular weight is 442 g/mol. The molecule has 2 heterocycles. The van der Waals surface area contributed by atoms with Gasteiger partial charge in [-0.15, -0.1) is 0 Å². The fourth-order valence-corrected chi connectivity index (χ4v) is 3.72. The molecule has 2 amide bonds. The highest BCUT2D eigenvalue weighted by molar-refractivity contribution is 5.97. The molecule has 1 aromatic heterocycles. The standard InChI is InChI=1S/C23H21F3N4O2/c24-23(25,26)20-5-2-1-4-19(20)22(32)29-14-12-28(13-15-29)21(31)18-8-6-17(7-9-18)16-30-11-3-10-27-30/h1-11H,12-16H2. The Morgan fingerprint density at radius 3 is 2.06 bits per heavy atom. The van der Waals surface area contributed by atoms with Gasteiger partial charge in [0.05, 0.1) is 17.7 Å². The fraction of sp³-hybridized carbons (Fsp3) is 0.261. The maximum atomic E-state index is 13.2. The molecule has 2 aromatic carbocycles. The number of alkyl halides is 3. The van der Waals surface area contributed by atoms with Crippen molar-refractivity contribution in [3.05, 3.63) is 89.2 Å². The zero-order valence-electron chi connectivity index (χ0n) is 17.1. The Morgan fingerprint density at radius 2 is 1.47 bits per heavy atom. The zero-order valence-corrected chi connectivity index (χ0v) is 17.1. The third-order valence-electron chi connectivity index (χ3n) is 5.42. The average Bonchev–Trinajstić information content (AvgIpc) is 3.31. The summed E-state index contributed by atoms with van der Waals surface area (Å²) in [5, 5.41) is 4.15. The SMILES string of the molecule is O=C(c1ccc(Cn2cccn2)cc1)N1CCN(C(=O)c2ccccc2C(F)(F)F)CC1. The Bertz CT molecular complexity index is 1090. The van der Waals surface area contributed by atoms with Crippen molar-refractivity contribution < 1.29 is 22.8 Å². The lowest BCUT2D eigenvalue weighted by molar-refractivity contribution is -0.138. The van der Waals surface area contributed by atoms with Crippen LogP contribution in [0, 0.1) is 0 Å². The van der Waals surface area contributed by atoms with Gasteiger partial charge in [-0.1, -0.05) is 24.3 Å². The van der Waals surface area contributed by atoms with Gasteiger partial charge in [0.1, 0.15) is 0 Å². The summed E-state index contributed by atoms with van der Waals surface area (Å²) in [6, 6.07) is 13.8. The fourth-order valence-electron chi connectivity index (χ4n) is 3.72. The molecule has 1 saturated heterocycles. The van der Waals surface area contributed by atoms with Gasteiger partial charge in [0, 0.05) is 44.1 Å². The van der Waals surface area contributed by atoms with Crippen LogP contribution in [0.4, 0.5) is 13.2 Å². The summed E-state index contributed by atoms with van der Waals surface area (Å²) in [5.41, 5.74) is 0.214. The van der Waals surface area contributed by atoms with Crippen LogP contribution in [0.2, 0.25) is 0 Å². The van der Waals surface area contributed by atoms with E-state index in [1.165, 1.54) is 23.1 Å². The van der Waals surface area contributed by atoms with Crippen molar-refractivity contribution in [3.63, 3.8) is 0 Å². The van der Waals surface area contributed by atoms with Crippen molar-refractivity contribution in [1.82, 2.24) is 19.6 Å². The Labute approximate surface area is 182 Å². The van der Waals surface area contributed by atoms with Crippen LogP contribution < -0.4 is 0 Å². The van der Waals surface area contributed by atoms with Crippen LogP contribution in [-0.2, 0) is 12.7 Å². The molecule has 0 unspecified atom stereocenters. The maximum absolute atomic E-state index is 13.2. The number of hydrogen-bond acceptors (Lipinski definition) is 3. The topological polar surface area (TPSA) is 58.4 Å². The number of halogens is 3. The number of amides is 2. The lowest BCUT2D eigenvalue weighted by Gasteiger charge is -2.35. The third-order valence-corrected chi connectivity index (χ3v) is 5.42. The van der Waals surface area contributed by atoms with E-state index >= 15 is 0 Å². The predicted molar refractivity (Wildman–Crippen MR) is 111 cm³/mol.